The van der Waals surface area contributed by atoms with Crippen molar-refractivity contribution in [2.75, 3.05) is 33.4 Å². The normalized spacial score (nSPS) is 14.2. The number of hydrogen-bond donors (Lipinski definition) is 2. The molecule has 0 rings (SSSR count). The maximum absolute atomic E-state index is 12.6. The number of carbonyl (C=O) groups is 2. The Morgan fingerprint density at radius 3 is 1.71 bits per heavy atom. The summed E-state index contributed by atoms with van der Waals surface area (Å²) in [4.78, 5) is 34.9. The Hall–Kier alpha value is -2.55. The fourth-order valence-corrected chi connectivity index (χ4v) is 5.57. The van der Waals surface area contributed by atoms with E-state index in [1.54, 1.807) is 7.05 Å². The summed E-state index contributed by atoms with van der Waals surface area (Å²) >= 11 is 0. The molecule has 0 spiro atoms. The van der Waals surface area contributed by atoms with Crippen LogP contribution >= 0.6 is 7.82 Å². The van der Waals surface area contributed by atoms with Gasteiger partial charge in [0.05, 0.1) is 13.2 Å². The molecule has 0 saturated carbocycles. The fourth-order valence-electron chi connectivity index (χ4n) is 4.82. The fraction of sp³-hybridized carbons (Fsp3) is 0.667. The summed E-state index contributed by atoms with van der Waals surface area (Å²) in [5.74, 6) is -0.893. The van der Waals surface area contributed by atoms with Gasteiger partial charge >= 0.3 is 19.8 Å². The molecule has 0 radical (unpaired) electrons. The van der Waals surface area contributed by atoms with Crippen LogP contribution < -0.4 is 5.32 Å². The highest BCUT2D eigenvalue weighted by Crippen LogP contribution is 2.43. The van der Waals surface area contributed by atoms with Crippen molar-refractivity contribution in [3.8, 4) is 0 Å². The molecule has 0 heterocycles. The van der Waals surface area contributed by atoms with Gasteiger partial charge in [0.1, 0.15) is 6.61 Å². The molecule has 0 saturated heterocycles. The highest BCUT2D eigenvalue weighted by molar-refractivity contribution is 7.47. The SMILES string of the molecule is CC/C=C\C/C=C\C/C=C\C/C=C\C/C=C\CCCC(=O)OC(COC(=O)CCCCCCC/C=C\CCCCCC)COP(=O)(O)OCCNC. The molecule has 2 atom stereocenters. The lowest BCUT2D eigenvalue weighted by atomic mass is 10.1. The molecule has 10 heteroatoms. The van der Waals surface area contributed by atoms with Crippen LogP contribution in [0.4, 0.5) is 0 Å². The first-order valence-electron chi connectivity index (χ1n) is 19.9. The van der Waals surface area contributed by atoms with E-state index in [1.807, 2.05) is 6.08 Å². The summed E-state index contributed by atoms with van der Waals surface area (Å²) in [6.45, 7) is 3.99. The summed E-state index contributed by atoms with van der Waals surface area (Å²) in [7, 11) is -2.68. The van der Waals surface area contributed by atoms with Crippen LogP contribution in [0, 0.1) is 0 Å². The van der Waals surface area contributed by atoms with E-state index in [4.69, 9.17) is 18.5 Å². The van der Waals surface area contributed by atoms with Gasteiger partial charge in [-0.05, 0) is 84.1 Å². The molecule has 9 nitrogen and oxygen atoms in total. The number of esters is 2. The van der Waals surface area contributed by atoms with E-state index in [-0.39, 0.29) is 26.1 Å². The number of rotatable bonds is 36. The van der Waals surface area contributed by atoms with Crippen LogP contribution in [-0.2, 0) is 32.7 Å². The number of phosphoric acid groups is 1. The standard InChI is InChI=1S/C42H72NO8P/c1-4-6-8-10-12-14-16-18-19-20-21-23-25-27-29-31-33-35-42(45)51-40(39-50-52(46,47)49-37-36-43-3)38-48-41(44)34-32-30-28-26-24-22-17-15-13-11-9-7-5-2/h6,8,12,14-15,17-19,21,23,27,29,40,43H,4-5,7,9-11,13,16,20,22,24-26,28,30-39H2,1-3H3,(H,46,47)/b8-6-,14-12-,17-15-,19-18-,23-21-,29-27-. The summed E-state index contributed by atoms with van der Waals surface area (Å²) in [5.41, 5.74) is 0. The zero-order valence-corrected chi connectivity index (χ0v) is 33.6. The minimum Gasteiger partial charge on any atom is -0.462 e. The van der Waals surface area contributed by atoms with Gasteiger partial charge in [0.15, 0.2) is 6.10 Å². The van der Waals surface area contributed by atoms with Crippen molar-refractivity contribution in [3.05, 3.63) is 72.9 Å². The molecule has 298 valence electrons. The van der Waals surface area contributed by atoms with Crippen molar-refractivity contribution in [1.29, 1.82) is 0 Å². The lowest BCUT2D eigenvalue weighted by Crippen LogP contribution is -2.29. The minimum atomic E-state index is -4.37. The molecule has 0 aliphatic heterocycles. The van der Waals surface area contributed by atoms with Gasteiger partial charge in [-0.1, -0.05) is 125 Å². The van der Waals surface area contributed by atoms with Crippen LogP contribution in [0.1, 0.15) is 142 Å². The van der Waals surface area contributed by atoms with E-state index in [9.17, 15) is 19.0 Å². The number of phosphoric ester groups is 1. The molecule has 0 fully saturated rings. The van der Waals surface area contributed by atoms with Crippen molar-refractivity contribution in [2.24, 2.45) is 0 Å². The monoisotopic (exact) mass is 749 g/mol. The second-order valence-corrected chi connectivity index (χ2v) is 14.2. The van der Waals surface area contributed by atoms with Gasteiger partial charge in [-0.25, -0.2) is 4.57 Å². The third-order valence-electron chi connectivity index (χ3n) is 7.81. The van der Waals surface area contributed by atoms with E-state index in [0.29, 0.717) is 25.8 Å². The molecule has 2 N–H and O–H groups in total. The zero-order valence-electron chi connectivity index (χ0n) is 32.7. The Morgan fingerprint density at radius 1 is 0.615 bits per heavy atom. The topological polar surface area (TPSA) is 120 Å². The predicted molar refractivity (Wildman–Crippen MR) is 215 cm³/mol. The third-order valence-corrected chi connectivity index (χ3v) is 8.79. The second-order valence-electron chi connectivity index (χ2n) is 12.7. The lowest BCUT2D eigenvalue weighted by molar-refractivity contribution is -0.161. The van der Waals surface area contributed by atoms with E-state index in [2.05, 4.69) is 86.0 Å². The van der Waals surface area contributed by atoms with Crippen molar-refractivity contribution < 1.29 is 37.6 Å². The Bertz CT molecular complexity index is 1080. The average Bonchev–Trinajstić information content (AvgIpc) is 3.12. The van der Waals surface area contributed by atoms with Crippen LogP contribution in [0.15, 0.2) is 72.9 Å². The van der Waals surface area contributed by atoms with Crippen LogP contribution in [0.5, 0.6) is 0 Å². The molecular formula is C42H72NO8P. The largest absolute Gasteiger partial charge is 0.472 e. The van der Waals surface area contributed by atoms with Gasteiger partial charge in [0, 0.05) is 19.4 Å². The number of nitrogens with one attached hydrogen (secondary N) is 1. The number of allylic oxidation sites excluding steroid dienone is 12. The highest BCUT2D eigenvalue weighted by atomic mass is 31.2. The highest BCUT2D eigenvalue weighted by Gasteiger charge is 2.26. The molecular weight excluding hydrogens is 677 g/mol. The molecule has 52 heavy (non-hydrogen) atoms. The maximum Gasteiger partial charge on any atom is 0.472 e. The Balaban J connectivity index is 4.41. The van der Waals surface area contributed by atoms with Gasteiger partial charge in [-0.3, -0.25) is 18.6 Å². The van der Waals surface area contributed by atoms with E-state index in [1.165, 1.54) is 32.1 Å². The van der Waals surface area contributed by atoms with Crippen LogP contribution in [0.2, 0.25) is 0 Å². The molecule has 0 aliphatic rings. The van der Waals surface area contributed by atoms with Crippen LogP contribution in [0.25, 0.3) is 0 Å². The molecule has 0 aliphatic carbocycles. The molecule has 0 bridgehead atoms. The van der Waals surface area contributed by atoms with Gasteiger partial charge in [-0.2, -0.15) is 0 Å². The Labute approximate surface area is 316 Å². The quantitative estimate of drug-likeness (QED) is 0.0279. The van der Waals surface area contributed by atoms with E-state index >= 15 is 0 Å². The Kier molecular flexibility index (Phi) is 36.3. The van der Waals surface area contributed by atoms with Gasteiger partial charge in [0.25, 0.3) is 0 Å². The zero-order chi connectivity index (χ0) is 38.2. The van der Waals surface area contributed by atoms with Crippen LogP contribution in [-0.4, -0.2) is 56.3 Å². The predicted octanol–water partition coefficient (Wildman–Crippen LogP) is 11.0. The van der Waals surface area contributed by atoms with Gasteiger partial charge in [0.2, 0.25) is 0 Å². The van der Waals surface area contributed by atoms with Gasteiger partial charge in [-0.15, -0.1) is 0 Å². The van der Waals surface area contributed by atoms with Crippen molar-refractivity contribution >= 4 is 19.8 Å². The number of ether oxygens (including phenoxy) is 2. The van der Waals surface area contributed by atoms with Crippen LogP contribution in [0.3, 0.4) is 0 Å². The smallest absolute Gasteiger partial charge is 0.462 e. The number of hydrogen-bond acceptors (Lipinski definition) is 8. The first-order chi connectivity index (χ1) is 25.3. The number of unbranched alkanes of at least 4 members (excludes halogenated alkanes) is 10. The first-order valence-corrected chi connectivity index (χ1v) is 21.4. The molecule has 0 aromatic carbocycles. The molecule has 2 unspecified atom stereocenters. The van der Waals surface area contributed by atoms with E-state index < -0.39 is 32.5 Å². The van der Waals surface area contributed by atoms with Crippen molar-refractivity contribution in [1.82, 2.24) is 5.32 Å². The average molecular weight is 750 g/mol. The van der Waals surface area contributed by atoms with Crippen molar-refractivity contribution in [3.63, 3.8) is 0 Å². The number of likely N-dealkylation sites (N-methyl/N-ethyl adjacent to an activating group) is 1. The maximum atomic E-state index is 12.6. The van der Waals surface area contributed by atoms with E-state index in [0.717, 1.165) is 64.2 Å². The summed E-state index contributed by atoms with van der Waals surface area (Å²) < 4.78 is 33.0. The first kappa shape index (κ1) is 49.5. The third kappa shape index (κ3) is 37.2. The molecule has 0 amide bonds. The number of carbonyl (C=O) groups excluding carboxylic acids is 2. The van der Waals surface area contributed by atoms with Crippen molar-refractivity contribution in [2.45, 2.75) is 148 Å². The summed E-state index contributed by atoms with van der Waals surface area (Å²) in [6.07, 6.45) is 43.8. The lowest BCUT2D eigenvalue weighted by Gasteiger charge is -2.20. The second kappa shape index (κ2) is 38.2. The molecule has 0 aromatic rings. The molecule has 0 aromatic heterocycles. The summed E-state index contributed by atoms with van der Waals surface area (Å²) in [5, 5.41) is 2.81. The summed E-state index contributed by atoms with van der Waals surface area (Å²) in [6, 6.07) is 0. The minimum absolute atomic E-state index is 0.0324. The van der Waals surface area contributed by atoms with Gasteiger partial charge < -0.3 is 19.7 Å². The Morgan fingerprint density at radius 2 is 1.12 bits per heavy atom.